The third-order valence-corrected chi connectivity index (χ3v) is 6.50. The highest BCUT2D eigenvalue weighted by molar-refractivity contribution is 5.83. The van der Waals surface area contributed by atoms with Gasteiger partial charge in [0, 0.05) is 5.56 Å². The van der Waals surface area contributed by atoms with Gasteiger partial charge >= 0.3 is 0 Å². The molecule has 0 N–H and O–H groups in total. The van der Waals surface area contributed by atoms with Gasteiger partial charge in [0.25, 0.3) is 0 Å². The van der Waals surface area contributed by atoms with Crippen LogP contribution in [0.2, 0.25) is 0 Å². The molecule has 0 radical (unpaired) electrons. The Hall–Kier alpha value is -2.61. The van der Waals surface area contributed by atoms with Crippen LogP contribution < -0.4 is 4.74 Å². The summed E-state index contributed by atoms with van der Waals surface area (Å²) in [5, 5.41) is 0. The van der Waals surface area contributed by atoms with Gasteiger partial charge in [0.15, 0.2) is 0 Å². The fraction of sp³-hybridized carbons (Fsp3) is 0.438. The number of hydrogen-bond donors (Lipinski definition) is 0. The van der Waals surface area contributed by atoms with E-state index in [1.165, 1.54) is 51.4 Å². The topological polar surface area (TPSA) is 9.23 Å². The number of aryl methyl sites for hydroxylation is 1. The lowest BCUT2D eigenvalue weighted by Gasteiger charge is -2.13. The van der Waals surface area contributed by atoms with Crippen LogP contribution in [0.3, 0.4) is 0 Å². The molecular weight excluding hydrogens is 419 g/mol. The second kappa shape index (κ2) is 14.6. The summed E-state index contributed by atoms with van der Waals surface area (Å²) in [4.78, 5) is 0. The second-order valence-corrected chi connectivity index (χ2v) is 9.31. The van der Waals surface area contributed by atoms with Crippen molar-refractivity contribution < 1.29 is 9.13 Å². The lowest BCUT2D eigenvalue weighted by molar-refractivity contribution is 0.304. The van der Waals surface area contributed by atoms with Gasteiger partial charge in [-0.3, -0.25) is 0 Å². The van der Waals surface area contributed by atoms with E-state index in [-0.39, 0.29) is 5.82 Å². The number of halogens is 1. The van der Waals surface area contributed by atoms with Crippen LogP contribution in [0.15, 0.2) is 66.7 Å². The van der Waals surface area contributed by atoms with Gasteiger partial charge in [0.05, 0.1) is 6.61 Å². The summed E-state index contributed by atoms with van der Waals surface area (Å²) >= 11 is 0. The third kappa shape index (κ3) is 8.01. The Morgan fingerprint density at radius 1 is 0.618 bits per heavy atom. The zero-order chi connectivity index (χ0) is 24.0. The zero-order valence-electron chi connectivity index (χ0n) is 21.1. The molecule has 0 atom stereocenters. The summed E-state index contributed by atoms with van der Waals surface area (Å²) in [7, 11) is 0. The highest BCUT2D eigenvalue weighted by Gasteiger charge is 2.12. The Morgan fingerprint density at radius 2 is 1.26 bits per heavy atom. The molecule has 0 fully saturated rings. The van der Waals surface area contributed by atoms with Crippen LogP contribution in [0.5, 0.6) is 5.75 Å². The molecule has 0 aromatic heterocycles. The number of hydrogen-bond acceptors (Lipinski definition) is 1. The van der Waals surface area contributed by atoms with Crippen molar-refractivity contribution in [2.75, 3.05) is 6.61 Å². The minimum Gasteiger partial charge on any atom is -0.494 e. The van der Waals surface area contributed by atoms with E-state index in [4.69, 9.17) is 4.74 Å². The van der Waals surface area contributed by atoms with E-state index in [1.807, 2.05) is 36.4 Å². The summed E-state index contributed by atoms with van der Waals surface area (Å²) in [6, 6.07) is 22.0. The molecule has 1 nitrogen and oxygen atoms in total. The van der Waals surface area contributed by atoms with E-state index in [0.29, 0.717) is 5.56 Å². The maximum Gasteiger partial charge on any atom is 0.131 e. The van der Waals surface area contributed by atoms with E-state index in [1.54, 1.807) is 6.07 Å². The molecule has 0 heterocycles. The van der Waals surface area contributed by atoms with Crippen LogP contribution in [0, 0.1) is 5.82 Å². The zero-order valence-corrected chi connectivity index (χ0v) is 21.1. The molecular formula is C32H41FO. The average Bonchev–Trinajstić information content (AvgIpc) is 2.87. The summed E-state index contributed by atoms with van der Waals surface area (Å²) in [5.74, 6) is 0.757. The Morgan fingerprint density at radius 3 is 1.94 bits per heavy atom. The van der Waals surface area contributed by atoms with Crippen LogP contribution in [0.25, 0.3) is 22.3 Å². The van der Waals surface area contributed by atoms with Crippen molar-refractivity contribution in [1.29, 1.82) is 0 Å². The van der Waals surface area contributed by atoms with Crippen LogP contribution in [-0.2, 0) is 6.42 Å². The van der Waals surface area contributed by atoms with Gasteiger partial charge in [-0.1, -0.05) is 114 Å². The maximum absolute atomic E-state index is 15.2. The third-order valence-electron chi connectivity index (χ3n) is 6.50. The van der Waals surface area contributed by atoms with Gasteiger partial charge < -0.3 is 4.74 Å². The SMILES string of the molecule is CCCCCCCOc1ccc(-c2ccccc2-c2ccc(CCCCCCC)cc2F)cc1. The first-order chi connectivity index (χ1) is 16.7. The van der Waals surface area contributed by atoms with E-state index in [9.17, 15) is 0 Å². The minimum absolute atomic E-state index is 0.137. The Labute approximate surface area is 206 Å². The fourth-order valence-corrected chi connectivity index (χ4v) is 4.46. The van der Waals surface area contributed by atoms with Crippen molar-refractivity contribution >= 4 is 0 Å². The standard InChI is InChI=1S/C32H41FO/c1-3-5-7-9-11-15-26-18-23-31(32(33)25-26)30-17-13-12-16-29(30)27-19-21-28(22-20-27)34-24-14-10-8-6-4-2/h12-13,16-23,25H,3-11,14-15,24H2,1-2H3. The highest BCUT2D eigenvalue weighted by Crippen LogP contribution is 2.34. The van der Waals surface area contributed by atoms with Crippen LogP contribution in [0.4, 0.5) is 4.39 Å². The lowest BCUT2D eigenvalue weighted by Crippen LogP contribution is -1.97. The van der Waals surface area contributed by atoms with Crippen LogP contribution in [0.1, 0.15) is 83.6 Å². The van der Waals surface area contributed by atoms with E-state index in [0.717, 1.165) is 53.9 Å². The average molecular weight is 461 g/mol. The molecule has 0 bridgehead atoms. The van der Waals surface area contributed by atoms with E-state index >= 15 is 4.39 Å². The smallest absolute Gasteiger partial charge is 0.131 e. The molecule has 0 spiro atoms. The normalized spacial score (nSPS) is 11.0. The van der Waals surface area contributed by atoms with Crippen LogP contribution in [-0.4, -0.2) is 6.61 Å². The quantitative estimate of drug-likeness (QED) is 0.205. The highest BCUT2D eigenvalue weighted by atomic mass is 19.1. The number of rotatable bonds is 15. The fourth-order valence-electron chi connectivity index (χ4n) is 4.46. The van der Waals surface area contributed by atoms with Crippen molar-refractivity contribution in [1.82, 2.24) is 0 Å². The molecule has 0 aliphatic rings. The first kappa shape index (κ1) is 26.0. The summed E-state index contributed by atoms with van der Waals surface area (Å²) in [6.45, 7) is 5.22. The first-order valence-corrected chi connectivity index (χ1v) is 13.3. The maximum atomic E-state index is 15.2. The molecule has 3 aromatic carbocycles. The van der Waals surface area contributed by atoms with Crippen molar-refractivity contribution in [3.8, 4) is 28.0 Å². The second-order valence-electron chi connectivity index (χ2n) is 9.31. The summed E-state index contributed by atoms with van der Waals surface area (Å²) in [6.07, 6.45) is 13.3. The van der Waals surface area contributed by atoms with Crippen molar-refractivity contribution in [3.63, 3.8) is 0 Å². The van der Waals surface area contributed by atoms with Gasteiger partial charge in [0.2, 0.25) is 0 Å². The van der Waals surface area contributed by atoms with Gasteiger partial charge in [-0.25, -0.2) is 4.39 Å². The molecule has 0 aliphatic carbocycles. The Balaban J connectivity index is 1.65. The van der Waals surface area contributed by atoms with Crippen molar-refractivity contribution in [2.24, 2.45) is 0 Å². The summed E-state index contributed by atoms with van der Waals surface area (Å²) < 4.78 is 21.1. The molecule has 34 heavy (non-hydrogen) atoms. The van der Waals surface area contributed by atoms with Gasteiger partial charge in [-0.2, -0.15) is 0 Å². The largest absolute Gasteiger partial charge is 0.494 e. The van der Waals surface area contributed by atoms with Crippen molar-refractivity contribution in [2.45, 2.75) is 84.5 Å². The number of unbranched alkanes of at least 4 members (excludes halogenated alkanes) is 8. The molecule has 182 valence electrons. The molecule has 0 saturated heterocycles. The molecule has 3 aromatic rings. The Bertz CT molecular complexity index is 977. The molecule has 0 saturated carbocycles. The number of ether oxygens (including phenoxy) is 1. The predicted octanol–water partition coefficient (Wildman–Crippen LogP) is 10.0. The van der Waals surface area contributed by atoms with E-state index < -0.39 is 0 Å². The van der Waals surface area contributed by atoms with Gasteiger partial charge in [0.1, 0.15) is 11.6 Å². The monoisotopic (exact) mass is 460 g/mol. The number of benzene rings is 3. The van der Waals surface area contributed by atoms with E-state index in [2.05, 4.69) is 38.1 Å². The Kier molecular flexibility index (Phi) is 11.2. The molecule has 2 heteroatoms. The van der Waals surface area contributed by atoms with Crippen LogP contribution >= 0.6 is 0 Å². The first-order valence-electron chi connectivity index (χ1n) is 13.3. The van der Waals surface area contributed by atoms with Gasteiger partial charge in [-0.05, 0) is 59.7 Å². The minimum atomic E-state index is -0.137. The summed E-state index contributed by atoms with van der Waals surface area (Å²) in [5.41, 5.74) is 4.80. The lowest BCUT2D eigenvalue weighted by atomic mass is 9.93. The van der Waals surface area contributed by atoms with Gasteiger partial charge in [-0.15, -0.1) is 0 Å². The molecule has 0 aliphatic heterocycles. The molecule has 0 amide bonds. The molecule has 0 unspecified atom stereocenters. The predicted molar refractivity (Wildman–Crippen MR) is 144 cm³/mol. The molecule has 3 rings (SSSR count). The van der Waals surface area contributed by atoms with Crippen molar-refractivity contribution in [3.05, 3.63) is 78.1 Å².